The fourth-order valence-electron chi connectivity index (χ4n) is 2.58. The number of amides is 1. The average molecular weight is 275 g/mol. The first kappa shape index (κ1) is 14.9. The number of anilines is 1. The van der Waals surface area contributed by atoms with Crippen molar-refractivity contribution >= 4 is 11.6 Å². The topological polar surface area (TPSA) is 58.4 Å². The number of benzene rings is 1. The smallest absolute Gasteiger partial charge is 0.217 e. The van der Waals surface area contributed by atoms with Crippen molar-refractivity contribution < 1.29 is 4.79 Å². The molecule has 1 amide bonds. The zero-order valence-corrected chi connectivity index (χ0v) is 12.1. The van der Waals surface area contributed by atoms with Gasteiger partial charge >= 0.3 is 0 Å². The van der Waals surface area contributed by atoms with E-state index in [4.69, 9.17) is 5.73 Å². The van der Waals surface area contributed by atoms with Crippen LogP contribution in [0.25, 0.3) is 0 Å². The summed E-state index contributed by atoms with van der Waals surface area (Å²) in [5.41, 5.74) is 7.75. The van der Waals surface area contributed by atoms with Crippen LogP contribution in [-0.2, 0) is 11.3 Å². The summed E-state index contributed by atoms with van der Waals surface area (Å²) in [5, 5.41) is 3.40. The number of primary amides is 1. The number of nitrogens with zero attached hydrogens (tertiary/aromatic N) is 1. The van der Waals surface area contributed by atoms with Crippen molar-refractivity contribution in [2.24, 2.45) is 5.73 Å². The van der Waals surface area contributed by atoms with Gasteiger partial charge in [-0.15, -0.1) is 0 Å². The lowest BCUT2D eigenvalue weighted by Gasteiger charge is -2.17. The highest BCUT2D eigenvalue weighted by molar-refractivity contribution is 5.73. The van der Waals surface area contributed by atoms with Crippen LogP contribution >= 0.6 is 0 Å². The Morgan fingerprint density at radius 3 is 2.50 bits per heavy atom. The summed E-state index contributed by atoms with van der Waals surface area (Å²) in [5.74, 6) is -0.206. The SMILES string of the molecule is NC(=O)CCCCNCc1ccc(N2CCCC2)cc1. The first-order valence-electron chi connectivity index (χ1n) is 7.58. The molecule has 1 aliphatic rings. The van der Waals surface area contributed by atoms with Crippen molar-refractivity contribution in [2.75, 3.05) is 24.5 Å². The van der Waals surface area contributed by atoms with Gasteiger partial charge in [0.25, 0.3) is 0 Å². The number of carbonyl (C=O) groups is 1. The quantitative estimate of drug-likeness (QED) is 0.714. The van der Waals surface area contributed by atoms with E-state index in [1.807, 2.05) is 0 Å². The van der Waals surface area contributed by atoms with Gasteiger partial charge in [-0.25, -0.2) is 0 Å². The number of rotatable bonds is 8. The minimum Gasteiger partial charge on any atom is -0.372 e. The molecule has 1 aromatic carbocycles. The molecular weight excluding hydrogens is 250 g/mol. The molecule has 0 spiro atoms. The molecule has 0 saturated carbocycles. The highest BCUT2D eigenvalue weighted by Gasteiger charge is 2.11. The van der Waals surface area contributed by atoms with Crippen molar-refractivity contribution in [1.29, 1.82) is 0 Å². The zero-order valence-electron chi connectivity index (χ0n) is 12.1. The van der Waals surface area contributed by atoms with E-state index in [0.29, 0.717) is 6.42 Å². The van der Waals surface area contributed by atoms with Gasteiger partial charge in [0.05, 0.1) is 0 Å². The third-order valence-electron chi connectivity index (χ3n) is 3.76. The van der Waals surface area contributed by atoms with Gasteiger partial charge in [-0.1, -0.05) is 12.1 Å². The van der Waals surface area contributed by atoms with E-state index in [2.05, 4.69) is 34.5 Å². The van der Waals surface area contributed by atoms with Crippen LogP contribution in [0.15, 0.2) is 24.3 Å². The van der Waals surface area contributed by atoms with Gasteiger partial charge in [0.1, 0.15) is 0 Å². The Kier molecular flexibility index (Phi) is 5.87. The molecule has 0 atom stereocenters. The van der Waals surface area contributed by atoms with Gasteiger partial charge < -0.3 is 16.0 Å². The van der Waals surface area contributed by atoms with Gasteiger partial charge in [0.15, 0.2) is 0 Å². The van der Waals surface area contributed by atoms with Crippen LogP contribution < -0.4 is 16.0 Å². The van der Waals surface area contributed by atoms with Crippen molar-refractivity contribution in [1.82, 2.24) is 5.32 Å². The normalized spacial score (nSPS) is 14.7. The molecule has 110 valence electrons. The van der Waals surface area contributed by atoms with Crippen molar-refractivity contribution in [3.05, 3.63) is 29.8 Å². The van der Waals surface area contributed by atoms with E-state index in [-0.39, 0.29) is 5.91 Å². The Hall–Kier alpha value is -1.55. The second-order valence-corrected chi connectivity index (χ2v) is 5.46. The lowest BCUT2D eigenvalue weighted by molar-refractivity contribution is -0.118. The molecule has 1 saturated heterocycles. The van der Waals surface area contributed by atoms with Crippen LogP contribution in [0.3, 0.4) is 0 Å². The summed E-state index contributed by atoms with van der Waals surface area (Å²) in [6.45, 7) is 4.20. The molecule has 0 bridgehead atoms. The maximum Gasteiger partial charge on any atom is 0.217 e. The highest BCUT2D eigenvalue weighted by Crippen LogP contribution is 2.20. The van der Waals surface area contributed by atoms with Gasteiger partial charge in [-0.05, 0) is 49.9 Å². The van der Waals surface area contributed by atoms with Gasteiger partial charge in [0.2, 0.25) is 5.91 Å². The summed E-state index contributed by atoms with van der Waals surface area (Å²) in [6.07, 6.45) is 4.99. The van der Waals surface area contributed by atoms with Crippen LogP contribution in [0.1, 0.15) is 37.7 Å². The second kappa shape index (κ2) is 7.90. The first-order chi connectivity index (χ1) is 9.75. The molecule has 2 rings (SSSR count). The van der Waals surface area contributed by atoms with Gasteiger partial charge in [-0.2, -0.15) is 0 Å². The standard InChI is InChI=1S/C16H25N3O/c17-16(20)5-1-2-10-18-13-14-6-8-15(9-7-14)19-11-3-4-12-19/h6-9,18H,1-5,10-13H2,(H2,17,20). The Bertz CT molecular complexity index is 410. The predicted molar refractivity (Wildman–Crippen MR) is 82.6 cm³/mol. The van der Waals surface area contributed by atoms with E-state index in [0.717, 1.165) is 25.9 Å². The van der Waals surface area contributed by atoms with Gasteiger partial charge in [0, 0.05) is 31.7 Å². The van der Waals surface area contributed by atoms with E-state index in [9.17, 15) is 4.79 Å². The fraction of sp³-hybridized carbons (Fsp3) is 0.562. The number of carbonyl (C=O) groups excluding carboxylic acids is 1. The third-order valence-corrected chi connectivity index (χ3v) is 3.76. The molecule has 0 unspecified atom stereocenters. The van der Waals surface area contributed by atoms with E-state index < -0.39 is 0 Å². The van der Waals surface area contributed by atoms with Crippen LogP contribution in [0.5, 0.6) is 0 Å². The van der Waals surface area contributed by atoms with Crippen LogP contribution in [0.4, 0.5) is 5.69 Å². The zero-order chi connectivity index (χ0) is 14.2. The average Bonchev–Trinajstić information content (AvgIpc) is 2.97. The highest BCUT2D eigenvalue weighted by atomic mass is 16.1. The van der Waals surface area contributed by atoms with E-state index in [1.165, 1.54) is 37.2 Å². The number of hydrogen-bond acceptors (Lipinski definition) is 3. The maximum atomic E-state index is 10.6. The third kappa shape index (κ3) is 4.85. The van der Waals surface area contributed by atoms with E-state index >= 15 is 0 Å². The summed E-state index contributed by atoms with van der Waals surface area (Å²) in [4.78, 5) is 13.0. The monoisotopic (exact) mass is 275 g/mol. The second-order valence-electron chi connectivity index (χ2n) is 5.46. The molecule has 1 aromatic rings. The summed E-state index contributed by atoms with van der Waals surface area (Å²) < 4.78 is 0. The molecule has 1 aliphatic heterocycles. The predicted octanol–water partition coefficient (Wildman–Crippen LogP) is 2.03. The molecule has 4 nitrogen and oxygen atoms in total. The minimum atomic E-state index is -0.206. The number of nitrogens with one attached hydrogen (secondary N) is 1. The fourth-order valence-corrected chi connectivity index (χ4v) is 2.58. The van der Waals surface area contributed by atoms with Crippen molar-refractivity contribution in [3.8, 4) is 0 Å². The maximum absolute atomic E-state index is 10.6. The largest absolute Gasteiger partial charge is 0.372 e. The van der Waals surface area contributed by atoms with Gasteiger partial charge in [-0.3, -0.25) is 4.79 Å². The number of hydrogen-bond donors (Lipinski definition) is 2. The lowest BCUT2D eigenvalue weighted by Crippen LogP contribution is -2.18. The van der Waals surface area contributed by atoms with Crippen molar-refractivity contribution in [3.63, 3.8) is 0 Å². The molecule has 0 aliphatic carbocycles. The first-order valence-corrected chi connectivity index (χ1v) is 7.58. The Morgan fingerprint density at radius 1 is 1.15 bits per heavy atom. The van der Waals surface area contributed by atoms with Crippen LogP contribution in [-0.4, -0.2) is 25.5 Å². The molecule has 0 radical (unpaired) electrons. The Morgan fingerprint density at radius 2 is 1.85 bits per heavy atom. The molecular formula is C16H25N3O. The van der Waals surface area contributed by atoms with Crippen LogP contribution in [0.2, 0.25) is 0 Å². The molecule has 4 heteroatoms. The summed E-state index contributed by atoms with van der Waals surface area (Å²) >= 11 is 0. The molecule has 0 aromatic heterocycles. The Labute approximate surface area is 121 Å². The number of unbranched alkanes of at least 4 members (excludes halogenated alkanes) is 1. The summed E-state index contributed by atoms with van der Waals surface area (Å²) in [7, 11) is 0. The van der Waals surface area contributed by atoms with E-state index in [1.54, 1.807) is 0 Å². The minimum absolute atomic E-state index is 0.206. The lowest BCUT2D eigenvalue weighted by atomic mass is 10.2. The van der Waals surface area contributed by atoms with Crippen LogP contribution in [0, 0.1) is 0 Å². The molecule has 20 heavy (non-hydrogen) atoms. The molecule has 3 N–H and O–H groups in total. The van der Waals surface area contributed by atoms with Crippen molar-refractivity contribution in [2.45, 2.75) is 38.6 Å². The Balaban J connectivity index is 1.64. The molecule has 1 fully saturated rings. The number of nitrogens with two attached hydrogens (primary N) is 1. The summed E-state index contributed by atoms with van der Waals surface area (Å²) in [6, 6.07) is 8.83. The molecule has 1 heterocycles.